The van der Waals surface area contributed by atoms with E-state index in [0.717, 1.165) is 36.4 Å². The van der Waals surface area contributed by atoms with Gasteiger partial charge in [-0.1, -0.05) is 12.1 Å². The molecule has 0 amide bonds. The normalized spacial score (nSPS) is 16.6. The molecule has 1 aromatic heterocycles. The molecular weight excluding hydrogens is 260 g/mol. The lowest BCUT2D eigenvalue weighted by Gasteiger charge is -2.16. The summed E-state index contributed by atoms with van der Waals surface area (Å²) in [5.74, 6) is 0.877. The molecule has 3 heteroatoms. The van der Waals surface area contributed by atoms with E-state index in [1.165, 1.54) is 11.1 Å². The standard InChI is InChI=1S/C18H18N2O/c1-21-17-8-6-14(7-9-17)12-15-4-3-11-20-18(15)16-5-2-10-19-13-16/h2,5-10,12-13H,3-4,11H2,1H3/b15-12+. The summed E-state index contributed by atoms with van der Waals surface area (Å²) in [7, 11) is 1.68. The van der Waals surface area contributed by atoms with Crippen LogP contribution in [0.25, 0.3) is 6.08 Å². The van der Waals surface area contributed by atoms with E-state index in [9.17, 15) is 0 Å². The minimum Gasteiger partial charge on any atom is -0.497 e. The van der Waals surface area contributed by atoms with Gasteiger partial charge in [-0.05, 0) is 54.3 Å². The lowest BCUT2D eigenvalue weighted by atomic mass is 9.95. The third kappa shape index (κ3) is 3.19. The van der Waals surface area contributed by atoms with Crippen LogP contribution in [0.1, 0.15) is 24.0 Å². The number of pyridine rings is 1. The third-order valence-corrected chi connectivity index (χ3v) is 3.57. The molecule has 106 valence electrons. The number of nitrogens with zero attached hydrogens (tertiary/aromatic N) is 2. The van der Waals surface area contributed by atoms with Gasteiger partial charge in [0.1, 0.15) is 5.75 Å². The van der Waals surface area contributed by atoms with Crippen molar-refractivity contribution in [1.29, 1.82) is 0 Å². The van der Waals surface area contributed by atoms with E-state index < -0.39 is 0 Å². The largest absolute Gasteiger partial charge is 0.497 e. The molecule has 0 saturated carbocycles. The number of benzene rings is 1. The van der Waals surface area contributed by atoms with Crippen LogP contribution in [0.5, 0.6) is 5.75 Å². The maximum Gasteiger partial charge on any atom is 0.118 e. The lowest BCUT2D eigenvalue weighted by molar-refractivity contribution is 0.415. The van der Waals surface area contributed by atoms with E-state index in [-0.39, 0.29) is 0 Å². The molecule has 0 atom stereocenters. The minimum atomic E-state index is 0.877. The molecule has 3 rings (SSSR count). The summed E-state index contributed by atoms with van der Waals surface area (Å²) >= 11 is 0. The average Bonchev–Trinajstić information content (AvgIpc) is 2.57. The number of aliphatic imine (C=N–C) groups is 1. The fourth-order valence-corrected chi connectivity index (χ4v) is 2.50. The van der Waals surface area contributed by atoms with Gasteiger partial charge < -0.3 is 4.74 Å². The highest BCUT2D eigenvalue weighted by Gasteiger charge is 2.14. The van der Waals surface area contributed by atoms with E-state index in [4.69, 9.17) is 9.73 Å². The fourth-order valence-electron chi connectivity index (χ4n) is 2.50. The van der Waals surface area contributed by atoms with Crippen LogP contribution in [0, 0.1) is 0 Å². The molecule has 0 N–H and O–H groups in total. The maximum absolute atomic E-state index is 5.20. The Labute approximate surface area is 125 Å². The van der Waals surface area contributed by atoms with Crippen LogP contribution < -0.4 is 4.74 Å². The van der Waals surface area contributed by atoms with Gasteiger partial charge in [-0.25, -0.2) is 0 Å². The Morgan fingerprint density at radius 1 is 1.14 bits per heavy atom. The van der Waals surface area contributed by atoms with Gasteiger partial charge in [0.2, 0.25) is 0 Å². The molecule has 3 nitrogen and oxygen atoms in total. The third-order valence-electron chi connectivity index (χ3n) is 3.57. The van der Waals surface area contributed by atoms with E-state index in [0.29, 0.717) is 0 Å². The molecule has 0 fully saturated rings. The van der Waals surface area contributed by atoms with Crippen LogP contribution in [0.15, 0.2) is 59.4 Å². The van der Waals surface area contributed by atoms with Crippen LogP contribution in [0.3, 0.4) is 0 Å². The summed E-state index contributed by atoms with van der Waals surface area (Å²) in [6.07, 6.45) is 8.04. The molecule has 1 aliphatic heterocycles. The van der Waals surface area contributed by atoms with Gasteiger partial charge in [0.15, 0.2) is 0 Å². The van der Waals surface area contributed by atoms with Gasteiger partial charge >= 0.3 is 0 Å². The van der Waals surface area contributed by atoms with Gasteiger partial charge in [-0.3, -0.25) is 9.98 Å². The van der Waals surface area contributed by atoms with Crippen LogP contribution in [-0.4, -0.2) is 24.4 Å². The number of aromatic nitrogens is 1. The van der Waals surface area contributed by atoms with E-state index in [1.54, 1.807) is 13.3 Å². The molecular formula is C18H18N2O. The van der Waals surface area contributed by atoms with Crippen molar-refractivity contribution in [1.82, 2.24) is 4.98 Å². The molecule has 2 heterocycles. The van der Waals surface area contributed by atoms with Crippen LogP contribution in [0.4, 0.5) is 0 Å². The van der Waals surface area contributed by atoms with Crippen LogP contribution in [0.2, 0.25) is 0 Å². The number of rotatable bonds is 3. The molecule has 0 spiro atoms. The highest BCUT2D eigenvalue weighted by Crippen LogP contribution is 2.22. The molecule has 21 heavy (non-hydrogen) atoms. The van der Waals surface area contributed by atoms with Crippen molar-refractivity contribution in [2.75, 3.05) is 13.7 Å². The Kier molecular flexibility index (Phi) is 4.10. The Balaban J connectivity index is 1.93. The lowest BCUT2D eigenvalue weighted by Crippen LogP contribution is -2.11. The molecule has 0 radical (unpaired) electrons. The first-order valence-corrected chi connectivity index (χ1v) is 7.16. The quantitative estimate of drug-likeness (QED) is 0.856. The molecule has 2 aromatic rings. The summed E-state index contributed by atoms with van der Waals surface area (Å²) in [5, 5.41) is 0. The number of allylic oxidation sites excluding steroid dienone is 1. The zero-order chi connectivity index (χ0) is 14.5. The second-order valence-electron chi connectivity index (χ2n) is 5.02. The van der Waals surface area contributed by atoms with Gasteiger partial charge in [0.05, 0.1) is 12.8 Å². The van der Waals surface area contributed by atoms with Crippen molar-refractivity contribution in [3.8, 4) is 5.75 Å². The Bertz CT molecular complexity index is 657. The van der Waals surface area contributed by atoms with Gasteiger partial charge in [-0.15, -0.1) is 0 Å². The number of ether oxygens (including phenoxy) is 1. The maximum atomic E-state index is 5.20. The Morgan fingerprint density at radius 2 is 2.00 bits per heavy atom. The Hall–Kier alpha value is -2.42. The van der Waals surface area contributed by atoms with Crippen LogP contribution >= 0.6 is 0 Å². The molecule has 0 unspecified atom stereocenters. The highest BCUT2D eigenvalue weighted by atomic mass is 16.5. The van der Waals surface area contributed by atoms with Gasteiger partial charge in [0.25, 0.3) is 0 Å². The van der Waals surface area contributed by atoms with Crippen molar-refractivity contribution in [2.45, 2.75) is 12.8 Å². The predicted molar refractivity (Wildman–Crippen MR) is 85.8 cm³/mol. The molecule has 1 aliphatic rings. The van der Waals surface area contributed by atoms with E-state index in [1.807, 2.05) is 24.4 Å². The average molecular weight is 278 g/mol. The number of hydrogen-bond acceptors (Lipinski definition) is 3. The first-order chi connectivity index (χ1) is 10.4. The zero-order valence-electron chi connectivity index (χ0n) is 12.1. The smallest absolute Gasteiger partial charge is 0.118 e. The molecule has 1 aromatic carbocycles. The van der Waals surface area contributed by atoms with Gasteiger partial charge in [0, 0.05) is 24.5 Å². The molecule has 0 saturated heterocycles. The number of methoxy groups -OCH3 is 1. The summed E-state index contributed by atoms with van der Waals surface area (Å²) in [4.78, 5) is 8.89. The number of hydrogen-bond donors (Lipinski definition) is 0. The molecule has 0 bridgehead atoms. The van der Waals surface area contributed by atoms with Crippen molar-refractivity contribution >= 4 is 11.8 Å². The summed E-state index contributed by atoms with van der Waals surface area (Å²) in [5.41, 5.74) is 4.62. The van der Waals surface area contributed by atoms with E-state index in [2.05, 4.69) is 29.3 Å². The highest BCUT2D eigenvalue weighted by molar-refractivity contribution is 6.15. The van der Waals surface area contributed by atoms with Crippen molar-refractivity contribution in [3.63, 3.8) is 0 Å². The van der Waals surface area contributed by atoms with Crippen molar-refractivity contribution in [2.24, 2.45) is 4.99 Å². The summed E-state index contributed by atoms with van der Waals surface area (Å²) in [6.45, 7) is 0.893. The van der Waals surface area contributed by atoms with Gasteiger partial charge in [-0.2, -0.15) is 0 Å². The summed E-state index contributed by atoms with van der Waals surface area (Å²) < 4.78 is 5.20. The van der Waals surface area contributed by atoms with Crippen LogP contribution in [-0.2, 0) is 0 Å². The monoisotopic (exact) mass is 278 g/mol. The SMILES string of the molecule is COc1ccc(/C=C2\CCCN=C2c2cccnc2)cc1. The summed E-state index contributed by atoms with van der Waals surface area (Å²) in [6, 6.07) is 12.1. The van der Waals surface area contributed by atoms with Crippen molar-refractivity contribution in [3.05, 3.63) is 65.5 Å². The first-order valence-electron chi connectivity index (χ1n) is 7.16. The van der Waals surface area contributed by atoms with E-state index >= 15 is 0 Å². The second-order valence-corrected chi connectivity index (χ2v) is 5.02. The first kappa shape index (κ1) is 13.6. The fraction of sp³-hybridized carbons (Fsp3) is 0.222. The zero-order valence-corrected chi connectivity index (χ0v) is 12.1. The predicted octanol–water partition coefficient (Wildman–Crippen LogP) is 3.76. The Morgan fingerprint density at radius 3 is 2.71 bits per heavy atom. The minimum absolute atomic E-state index is 0.877. The molecule has 0 aliphatic carbocycles. The van der Waals surface area contributed by atoms with Crippen molar-refractivity contribution < 1.29 is 4.74 Å². The topological polar surface area (TPSA) is 34.5 Å². The second kappa shape index (κ2) is 6.35.